The molecular weight excluding hydrogens is 736 g/mol. The Morgan fingerprint density at radius 2 is 1.36 bits per heavy atom. The number of aliphatic hydroxyl groups is 7. The van der Waals surface area contributed by atoms with E-state index in [1.165, 1.54) is 42.5 Å². The van der Waals surface area contributed by atoms with E-state index in [2.05, 4.69) is 0 Å². The summed E-state index contributed by atoms with van der Waals surface area (Å²) in [6.45, 7) is -1.62. The first-order valence-electron chi connectivity index (χ1n) is 16.5. The summed E-state index contributed by atoms with van der Waals surface area (Å²) in [4.78, 5) is 26.7. The van der Waals surface area contributed by atoms with Gasteiger partial charge in [-0.2, -0.15) is 0 Å². The molecule has 3 aromatic carbocycles. The number of phenols is 4. The van der Waals surface area contributed by atoms with Crippen LogP contribution in [-0.4, -0.2) is 137 Å². The highest BCUT2D eigenvalue weighted by atomic mass is 16.7. The van der Waals surface area contributed by atoms with Gasteiger partial charge in [0.25, 0.3) is 0 Å². The van der Waals surface area contributed by atoms with Gasteiger partial charge in [-0.15, -0.1) is 0 Å². The van der Waals surface area contributed by atoms with E-state index >= 15 is 0 Å². The van der Waals surface area contributed by atoms with E-state index in [-0.39, 0.29) is 34.2 Å². The van der Waals surface area contributed by atoms with Gasteiger partial charge in [0.15, 0.2) is 23.4 Å². The Bertz CT molecular complexity index is 2090. The van der Waals surface area contributed by atoms with Crippen molar-refractivity contribution in [2.24, 2.45) is 0 Å². The number of phenolic OH excluding ortho intramolecular Hbond substituents is 4. The Morgan fingerprint density at radius 3 is 2.04 bits per heavy atom. The van der Waals surface area contributed by atoms with Crippen molar-refractivity contribution in [3.8, 4) is 45.8 Å². The molecule has 2 aliphatic heterocycles. The largest absolute Gasteiger partial charge is 0.508 e. The molecule has 0 bridgehead atoms. The topological polar surface area (TPSA) is 316 Å². The highest BCUT2D eigenvalue weighted by Crippen LogP contribution is 2.39. The number of carbonyl (C=O) groups excluding carboxylic acids is 1. The molecule has 19 heteroatoms. The van der Waals surface area contributed by atoms with E-state index in [0.717, 1.165) is 24.3 Å². The minimum atomic E-state index is -2.04. The molecule has 6 rings (SSSR count). The molecule has 2 fully saturated rings. The highest BCUT2D eigenvalue weighted by Gasteiger charge is 2.48. The van der Waals surface area contributed by atoms with Crippen molar-refractivity contribution in [1.29, 1.82) is 0 Å². The van der Waals surface area contributed by atoms with Gasteiger partial charge in [-0.3, -0.25) is 4.79 Å². The summed E-state index contributed by atoms with van der Waals surface area (Å²) in [6, 6.07) is 10.9. The number of fused-ring (bicyclic) bond motifs is 1. The number of hydrogen-bond donors (Lipinski definition) is 11. The van der Waals surface area contributed by atoms with Crippen LogP contribution in [-0.2, 0) is 19.0 Å². The molecule has 10 atom stereocenters. The van der Waals surface area contributed by atoms with Gasteiger partial charge in [0.1, 0.15) is 70.9 Å². The molecule has 11 N–H and O–H groups in total. The summed E-state index contributed by atoms with van der Waals surface area (Å²) >= 11 is 0. The highest BCUT2D eigenvalue weighted by molar-refractivity contribution is 5.89. The SMILES string of the molecule is O=C(C=Cc1ccc(O)c(O)c1)OC1C(CO)OC(Oc2c(-c3ccc(O)cc3)oc3cc(OC4OC(CO)C(O)C(O)C4O)cc(O)c3c2=O)C(O)C1O. The van der Waals surface area contributed by atoms with Gasteiger partial charge in [0.2, 0.25) is 23.8 Å². The Balaban J connectivity index is 1.29. The van der Waals surface area contributed by atoms with E-state index in [1.54, 1.807) is 0 Å². The van der Waals surface area contributed by atoms with Crippen molar-refractivity contribution >= 4 is 23.0 Å². The number of carbonyl (C=O) groups is 1. The molecule has 3 heterocycles. The zero-order valence-electron chi connectivity index (χ0n) is 28.2. The first kappa shape index (κ1) is 39.2. The van der Waals surface area contributed by atoms with Crippen LogP contribution in [0.15, 0.2) is 69.9 Å². The number of esters is 1. The van der Waals surface area contributed by atoms with Gasteiger partial charge in [0, 0.05) is 23.8 Å². The number of aromatic hydroxyl groups is 4. The van der Waals surface area contributed by atoms with E-state index in [0.29, 0.717) is 5.56 Å². The minimum absolute atomic E-state index is 0.108. The monoisotopic (exact) mass is 772 g/mol. The number of aliphatic hydroxyl groups excluding tert-OH is 7. The second-order valence-corrected chi connectivity index (χ2v) is 12.6. The molecule has 2 aliphatic rings. The fraction of sp³-hybridized carbons (Fsp3) is 0.333. The summed E-state index contributed by atoms with van der Waals surface area (Å²) in [6.07, 6.45) is -15.2. The van der Waals surface area contributed by atoms with Crippen molar-refractivity contribution in [2.45, 2.75) is 61.4 Å². The Kier molecular flexibility index (Phi) is 11.5. The van der Waals surface area contributed by atoms with Gasteiger partial charge in [-0.1, -0.05) is 6.07 Å². The van der Waals surface area contributed by atoms with Crippen LogP contribution in [0.2, 0.25) is 0 Å². The van der Waals surface area contributed by atoms with Crippen LogP contribution in [0, 0.1) is 0 Å². The summed E-state index contributed by atoms with van der Waals surface area (Å²) in [5.74, 6) is -4.12. The summed E-state index contributed by atoms with van der Waals surface area (Å²) in [5, 5.41) is 112. The lowest BCUT2D eigenvalue weighted by molar-refractivity contribution is -0.280. The van der Waals surface area contributed by atoms with Crippen LogP contribution in [0.1, 0.15) is 5.56 Å². The Labute approximate surface area is 308 Å². The molecule has 294 valence electrons. The summed E-state index contributed by atoms with van der Waals surface area (Å²) in [7, 11) is 0. The maximum atomic E-state index is 14.0. The van der Waals surface area contributed by atoms with Crippen molar-refractivity contribution in [3.05, 3.63) is 76.5 Å². The lowest BCUT2D eigenvalue weighted by Gasteiger charge is -2.41. The second kappa shape index (κ2) is 16.1. The van der Waals surface area contributed by atoms with Crippen LogP contribution in [0.3, 0.4) is 0 Å². The average Bonchev–Trinajstić information content (AvgIpc) is 3.16. The van der Waals surface area contributed by atoms with Crippen LogP contribution in [0.4, 0.5) is 0 Å². The smallest absolute Gasteiger partial charge is 0.331 e. The van der Waals surface area contributed by atoms with Gasteiger partial charge >= 0.3 is 5.97 Å². The summed E-state index contributed by atoms with van der Waals surface area (Å²) < 4.78 is 33.6. The van der Waals surface area contributed by atoms with E-state index in [9.17, 15) is 65.8 Å². The summed E-state index contributed by atoms with van der Waals surface area (Å²) in [5.41, 5.74) is -0.981. The first-order chi connectivity index (χ1) is 26.2. The molecule has 2 saturated heterocycles. The molecule has 4 aromatic rings. The number of ether oxygens (including phenoxy) is 5. The Morgan fingerprint density at radius 1 is 0.709 bits per heavy atom. The molecule has 0 aliphatic carbocycles. The molecule has 0 spiro atoms. The molecule has 0 saturated carbocycles. The van der Waals surface area contributed by atoms with Gasteiger partial charge < -0.3 is 84.3 Å². The number of hydrogen-bond acceptors (Lipinski definition) is 19. The maximum absolute atomic E-state index is 14.0. The van der Waals surface area contributed by atoms with Gasteiger partial charge in [-0.05, 0) is 48.0 Å². The molecule has 0 radical (unpaired) electrons. The third-order valence-electron chi connectivity index (χ3n) is 8.85. The minimum Gasteiger partial charge on any atom is -0.508 e. The lowest BCUT2D eigenvalue weighted by Crippen LogP contribution is -2.61. The zero-order chi connectivity index (χ0) is 39.7. The predicted molar refractivity (Wildman–Crippen MR) is 183 cm³/mol. The fourth-order valence-corrected chi connectivity index (χ4v) is 5.93. The quantitative estimate of drug-likeness (QED) is 0.0518. The third kappa shape index (κ3) is 8.01. The standard InChI is InChI=1S/C36H36O19/c37-12-22-26(44)28(46)30(48)35(52-22)50-17-10-20(42)25-21(11-17)51-32(15-3-5-16(39)6-4-15)34(27(25)45)55-36-31(49)29(47)33(23(13-38)53-36)54-24(43)8-2-14-1-7-18(40)19(41)9-14/h1-11,22-23,26,28-31,33,35-42,44,46-49H,12-13H2. The average molecular weight is 773 g/mol. The van der Waals surface area contributed by atoms with Crippen LogP contribution in [0.5, 0.6) is 34.5 Å². The molecule has 10 unspecified atom stereocenters. The van der Waals surface area contributed by atoms with Crippen LogP contribution in [0.25, 0.3) is 28.4 Å². The van der Waals surface area contributed by atoms with Gasteiger partial charge in [0.05, 0.1) is 13.2 Å². The third-order valence-corrected chi connectivity index (χ3v) is 8.85. The zero-order valence-corrected chi connectivity index (χ0v) is 28.2. The fourth-order valence-electron chi connectivity index (χ4n) is 5.93. The van der Waals surface area contributed by atoms with Gasteiger partial charge in [-0.25, -0.2) is 4.79 Å². The first-order valence-corrected chi connectivity index (χ1v) is 16.5. The molecule has 1 aromatic heterocycles. The number of benzene rings is 3. The molecular formula is C36H36O19. The van der Waals surface area contributed by atoms with E-state index < -0.39 is 109 Å². The van der Waals surface area contributed by atoms with E-state index in [4.69, 9.17) is 28.1 Å². The maximum Gasteiger partial charge on any atom is 0.331 e. The van der Waals surface area contributed by atoms with Crippen LogP contribution >= 0.6 is 0 Å². The Hall–Kier alpha value is -5.48. The molecule has 55 heavy (non-hydrogen) atoms. The molecule has 19 nitrogen and oxygen atoms in total. The normalized spacial score (nSPS) is 28.3. The van der Waals surface area contributed by atoms with Crippen LogP contribution < -0.4 is 14.9 Å². The van der Waals surface area contributed by atoms with Crippen molar-refractivity contribution < 1.29 is 89.1 Å². The van der Waals surface area contributed by atoms with Crippen molar-refractivity contribution in [2.75, 3.05) is 13.2 Å². The van der Waals surface area contributed by atoms with Crippen molar-refractivity contribution in [1.82, 2.24) is 0 Å². The van der Waals surface area contributed by atoms with E-state index in [1.807, 2.05) is 0 Å². The molecule has 0 amide bonds. The van der Waals surface area contributed by atoms with Crippen molar-refractivity contribution in [3.63, 3.8) is 0 Å². The number of rotatable bonds is 10. The predicted octanol–water partition coefficient (Wildman–Crippen LogP) is -1.10. The second-order valence-electron chi connectivity index (χ2n) is 12.6. The lowest BCUT2D eigenvalue weighted by atomic mass is 9.99.